The second-order valence-electron chi connectivity index (χ2n) is 6.32. The molecule has 1 aliphatic carbocycles. The van der Waals surface area contributed by atoms with Crippen molar-refractivity contribution in [3.05, 3.63) is 63.9 Å². The standard InChI is InChI=1S/C19H19N3O4/c1-13(14-5-3-8-21-26-11-14)16-9-15(22(24)25)10-17(18(16)20-2)19(12-23)6-4-7-19/h3,5,8-12,20H,1,4,6-7H2,2H3. The highest BCUT2D eigenvalue weighted by Crippen LogP contribution is 2.48. The zero-order valence-electron chi connectivity index (χ0n) is 14.4. The van der Waals surface area contributed by atoms with E-state index in [1.165, 1.54) is 24.6 Å². The summed E-state index contributed by atoms with van der Waals surface area (Å²) in [6.07, 6.45) is 9.56. The van der Waals surface area contributed by atoms with Gasteiger partial charge in [0, 0.05) is 36.0 Å². The lowest BCUT2D eigenvalue weighted by atomic mass is 9.64. The topological polar surface area (TPSA) is 93.8 Å². The first-order chi connectivity index (χ1) is 12.5. The highest BCUT2D eigenvalue weighted by atomic mass is 16.6. The fraction of sp³-hybridized carbons (Fsp3) is 0.263. The summed E-state index contributed by atoms with van der Waals surface area (Å²) in [4.78, 5) is 27.9. The molecular formula is C19H19N3O4. The van der Waals surface area contributed by atoms with Gasteiger partial charge in [-0.3, -0.25) is 10.1 Å². The maximum Gasteiger partial charge on any atom is 0.270 e. The molecule has 2 aliphatic rings. The first-order valence-corrected chi connectivity index (χ1v) is 8.25. The Hall–Kier alpha value is -3.22. The Bertz CT molecular complexity index is 864. The minimum atomic E-state index is -0.688. The Morgan fingerprint density at radius 3 is 2.81 bits per heavy atom. The van der Waals surface area contributed by atoms with E-state index in [9.17, 15) is 14.9 Å². The molecule has 3 rings (SSSR count). The number of carbonyl (C=O) groups is 1. The van der Waals surface area contributed by atoms with Crippen molar-refractivity contribution in [1.82, 2.24) is 0 Å². The SMILES string of the molecule is C=C(C1=CON=CC=C1)c1cc([N+](=O)[O-])cc(C2(C=O)CCC2)c1NC. The molecule has 0 atom stereocenters. The molecule has 7 heteroatoms. The van der Waals surface area contributed by atoms with E-state index in [1.54, 1.807) is 19.2 Å². The number of allylic oxidation sites excluding steroid dienone is 4. The van der Waals surface area contributed by atoms with Crippen LogP contribution in [0.15, 0.2) is 47.9 Å². The number of hydrogen-bond donors (Lipinski definition) is 1. The van der Waals surface area contributed by atoms with Crippen molar-refractivity contribution in [3.8, 4) is 0 Å². The van der Waals surface area contributed by atoms with Crippen molar-refractivity contribution in [2.45, 2.75) is 24.7 Å². The quantitative estimate of drug-likeness (QED) is 0.478. The van der Waals surface area contributed by atoms with Crippen LogP contribution < -0.4 is 5.32 Å². The van der Waals surface area contributed by atoms with Crippen molar-refractivity contribution in [2.75, 3.05) is 12.4 Å². The predicted octanol–water partition coefficient (Wildman–Crippen LogP) is 3.73. The third kappa shape index (κ3) is 2.92. The Kier molecular flexibility index (Phi) is 4.71. The van der Waals surface area contributed by atoms with Gasteiger partial charge in [0.25, 0.3) is 5.69 Å². The lowest BCUT2D eigenvalue weighted by molar-refractivity contribution is -0.385. The number of benzene rings is 1. The maximum atomic E-state index is 11.8. The Balaban J connectivity index is 2.19. The molecule has 0 saturated heterocycles. The summed E-state index contributed by atoms with van der Waals surface area (Å²) in [5.41, 5.74) is 2.30. The average molecular weight is 353 g/mol. The molecule has 0 radical (unpaired) electrons. The maximum absolute atomic E-state index is 11.8. The minimum absolute atomic E-state index is 0.0707. The van der Waals surface area contributed by atoms with Gasteiger partial charge in [0.2, 0.25) is 0 Å². The van der Waals surface area contributed by atoms with E-state index in [4.69, 9.17) is 4.84 Å². The average Bonchev–Trinajstić information content (AvgIpc) is 2.89. The highest BCUT2D eigenvalue weighted by Gasteiger charge is 2.42. The zero-order chi connectivity index (χ0) is 18.7. The summed E-state index contributed by atoms with van der Waals surface area (Å²) < 4.78 is 0. The first kappa shape index (κ1) is 17.6. The molecule has 0 amide bonds. The lowest BCUT2D eigenvalue weighted by Crippen LogP contribution is -2.36. The van der Waals surface area contributed by atoms with Gasteiger partial charge in [-0.25, -0.2) is 0 Å². The van der Waals surface area contributed by atoms with Crippen LogP contribution in [0.4, 0.5) is 11.4 Å². The number of rotatable bonds is 6. The molecule has 1 aromatic carbocycles. The normalized spacial score (nSPS) is 17.3. The molecular weight excluding hydrogens is 334 g/mol. The summed E-state index contributed by atoms with van der Waals surface area (Å²) in [6, 6.07) is 2.96. The monoisotopic (exact) mass is 353 g/mol. The molecule has 1 aromatic rings. The molecule has 0 aromatic heterocycles. The zero-order valence-corrected chi connectivity index (χ0v) is 14.4. The number of carbonyl (C=O) groups excluding carboxylic acids is 1. The molecule has 1 fully saturated rings. The third-order valence-corrected chi connectivity index (χ3v) is 4.93. The van der Waals surface area contributed by atoms with Crippen molar-refractivity contribution < 1.29 is 14.6 Å². The summed E-state index contributed by atoms with van der Waals surface area (Å²) in [5.74, 6) is 0. The largest absolute Gasteiger partial charge is 0.387 e. The van der Waals surface area contributed by atoms with Crippen LogP contribution >= 0.6 is 0 Å². The molecule has 26 heavy (non-hydrogen) atoms. The van der Waals surface area contributed by atoms with Crippen LogP contribution in [0.1, 0.15) is 30.4 Å². The van der Waals surface area contributed by atoms with Crippen LogP contribution in [0.5, 0.6) is 0 Å². The summed E-state index contributed by atoms with van der Waals surface area (Å²) in [5, 5.41) is 18.3. The van der Waals surface area contributed by atoms with E-state index < -0.39 is 10.3 Å². The summed E-state index contributed by atoms with van der Waals surface area (Å²) >= 11 is 0. The molecule has 1 N–H and O–H groups in total. The number of nitrogens with one attached hydrogen (secondary N) is 1. The molecule has 0 spiro atoms. The lowest BCUT2D eigenvalue weighted by Gasteiger charge is -2.38. The van der Waals surface area contributed by atoms with Gasteiger partial charge in [-0.1, -0.05) is 18.2 Å². The smallest absolute Gasteiger partial charge is 0.270 e. The van der Waals surface area contributed by atoms with Crippen molar-refractivity contribution in [3.63, 3.8) is 0 Å². The predicted molar refractivity (Wildman–Crippen MR) is 100 cm³/mol. The Labute approximate surface area is 150 Å². The molecule has 1 heterocycles. The second-order valence-corrected chi connectivity index (χ2v) is 6.32. The van der Waals surface area contributed by atoms with Crippen molar-refractivity contribution >= 4 is 29.4 Å². The van der Waals surface area contributed by atoms with Crippen LogP contribution in [0.2, 0.25) is 0 Å². The fourth-order valence-electron chi connectivity index (χ4n) is 3.31. The number of hydrogen-bond acceptors (Lipinski definition) is 6. The van der Waals surface area contributed by atoms with E-state index in [-0.39, 0.29) is 5.69 Å². The van der Waals surface area contributed by atoms with Crippen LogP contribution in [0.3, 0.4) is 0 Å². The molecule has 1 saturated carbocycles. The van der Waals surface area contributed by atoms with Gasteiger partial charge in [-0.05, 0) is 36.1 Å². The van der Waals surface area contributed by atoms with E-state index in [0.29, 0.717) is 40.8 Å². The van der Waals surface area contributed by atoms with E-state index in [0.717, 1.165) is 12.7 Å². The summed E-state index contributed by atoms with van der Waals surface area (Å²) in [6.45, 7) is 4.09. The fourth-order valence-corrected chi connectivity index (χ4v) is 3.31. The van der Waals surface area contributed by atoms with Gasteiger partial charge in [0.15, 0.2) is 0 Å². The van der Waals surface area contributed by atoms with E-state index in [2.05, 4.69) is 17.1 Å². The second kappa shape index (κ2) is 6.95. The Morgan fingerprint density at radius 2 is 2.23 bits per heavy atom. The van der Waals surface area contributed by atoms with Gasteiger partial charge in [0.05, 0.1) is 16.6 Å². The van der Waals surface area contributed by atoms with Gasteiger partial charge >= 0.3 is 0 Å². The van der Waals surface area contributed by atoms with Crippen LogP contribution in [0, 0.1) is 10.1 Å². The number of non-ortho nitro benzene ring substituents is 1. The highest BCUT2D eigenvalue weighted by molar-refractivity contribution is 5.91. The van der Waals surface area contributed by atoms with Gasteiger partial charge in [0.1, 0.15) is 12.5 Å². The number of anilines is 1. The van der Waals surface area contributed by atoms with Gasteiger partial charge < -0.3 is 14.9 Å². The Morgan fingerprint density at radius 1 is 1.46 bits per heavy atom. The molecule has 1 aliphatic heterocycles. The third-order valence-electron chi connectivity index (χ3n) is 4.93. The number of nitro groups is 1. The molecule has 0 bridgehead atoms. The van der Waals surface area contributed by atoms with Crippen molar-refractivity contribution in [2.24, 2.45) is 5.16 Å². The summed E-state index contributed by atoms with van der Waals surface area (Å²) in [7, 11) is 1.73. The first-order valence-electron chi connectivity index (χ1n) is 8.25. The van der Waals surface area contributed by atoms with Gasteiger partial charge in [-0.15, -0.1) is 0 Å². The van der Waals surface area contributed by atoms with E-state index >= 15 is 0 Å². The van der Waals surface area contributed by atoms with Crippen LogP contribution in [-0.4, -0.2) is 24.5 Å². The number of oxime groups is 1. The number of aldehydes is 1. The van der Waals surface area contributed by atoms with Crippen LogP contribution in [0.25, 0.3) is 5.57 Å². The number of nitrogens with zero attached hydrogens (tertiary/aromatic N) is 2. The number of nitro benzene ring substituents is 1. The van der Waals surface area contributed by atoms with Gasteiger partial charge in [-0.2, -0.15) is 0 Å². The molecule has 134 valence electrons. The van der Waals surface area contributed by atoms with Crippen LogP contribution in [-0.2, 0) is 15.0 Å². The molecule has 0 unspecified atom stereocenters. The van der Waals surface area contributed by atoms with E-state index in [1.807, 2.05) is 0 Å². The van der Waals surface area contributed by atoms with Crippen molar-refractivity contribution in [1.29, 1.82) is 0 Å². The minimum Gasteiger partial charge on any atom is -0.387 e. The molecule has 7 nitrogen and oxygen atoms in total.